The first-order chi connectivity index (χ1) is 9.66. The summed E-state index contributed by atoms with van der Waals surface area (Å²) in [5.74, 6) is 0.611. The highest BCUT2D eigenvalue weighted by Crippen LogP contribution is 2.34. The van der Waals surface area contributed by atoms with Gasteiger partial charge in [0.15, 0.2) is 0 Å². The van der Waals surface area contributed by atoms with Gasteiger partial charge in [0.2, 0.25) is 0 Å². The third-order valence-corrected chi connectivity index (χ3v) is 4.15. The molecule has 0 spiro atoms. The summed E-state index contributed by atoms with van der Waals surface area (Å²) in [4.78, 5) is 0. The van der Waals surface area contributed by atoms with E-state index < -0.39 is 0 Å². The van der Waals surface area contributed by atoms with E-state index in [1.165, 1.54) is 0 Å². The highest BCUT2D eigenvalue weighted by Gasteiger charge is 2.06. The molecule has 1 N–H and O–H groups in total. The molecular weight excluding hydrogens is 361 g/mol. The van der Waals surface area contributed by atoms with Gasteiger partial charge in [0.1, 0.15) is 5.75 Å². The van der Waals surface area contributed by atoms with E-state index in [4.69, 9.17) is 27.9 Å². The second-order valence-corrected chi connectivity index (χ2v) is 5.86. The Kier molecular flexibility index (Phi) is 6.02. The van der Waals surface area contributed by atoms with E-state index in [2.05, 4.69) is 21.2 Å². The van der Waals surface area contributed by atoms with Crippen molar-refractivity contribution in [3.05, 3.63) is 57.0 Å². The summed E-state index contributed by atoms with van der Waals surface area (Å²) in [6.07, 6.45) is 0.874. The summed E-state index contributed by atoms with van der Waals surface area (Å²) in [6, 6.07) is 13.5. The molecule has 0 heterocycles. The molecule has 0 aliphatic rings. The van der Waals surface area contributed by atoms with Gasteiger partial charge in [-0.15, -0.1) is 0 Å². The molecule has 2 aromatic carbocycles. The zero-order valence-electron chi connectivity index (χ0n) is 10.7. The molecule has 5 heteroatoms. The predicted molar refractivity (Wildman–Crippen MR) is 89.2 cm³/mol. The van der Waals surface area contributed by atoms with Crippen molar-refractivity contribution < 1.29 is 4.74 Å². The molecule has 2 aromatic rings. The largest absolute Gasteiger partial charge is 0.492 e. The molecule has 0 saturated heterocycles. The molecule has 0 aliphatic carbocycles. The molecule has 20 heavy (non-hydrogen) atoms. The van der Waals surface area contributed by atoms with Crippen LogP contribution in [0.3, 0.4) is 0 Å². The van der Waals surface area contributed by atoms with E-state index in [1.54, 1.807) is 12.1 Å². The number of hydrogen-bond donors (Lipinski definition) is 1. The topological polar surface area (TPSA) is 21.3 Å². The van der Waals surface area contributed by atoms with Crippen LogP contribution in [0, 0.1) is 0 Å². The zero-order valence-corrected chi connectivity index (χ0v) is 13.8. The van der Waals surface area contributed by atoms with E-state index in [0.29, 0.717) is 22.4 Å². The first-order valence-corrected chi connectivity index (χ1v) is 7.78. The van der Waals surface area contributed by atoms with E-state index in [-0.39, 0.29) is 0 Å². The van der Waals surface area contributed by atoms with E-state index in [0.717, 1.165) is 23.1 Å². The molecule has 0 radical (unpaired) electrons. The van der Waals surface area contributed by atoms with Gasteiger partial charge in [-0.3, -0.25) is 0 Å². The van der Waals surface area contributed by atoms with Crippen molar-refractivity contribution in [2.24, 2.45) is 0 Å². The standard InChI is InChI=1S/C15H14BrCl2NO/c16-12-9-14(18)15(10-13(12)17)20-8-4-7-19-11-5-2-1-3-6-11/h1-3,5-6,9-10,19H,4,7-8H2. The summed E-state index contributed by atoms with van der Waals surface area (Å²) in [5.41, 5.74) is 1.11. The summed E-state index contributed by atoms with van der Waals surface area (Å²) in [6.45, 7) is 1.42. The molecule has 2 rings (SSSR count). The lowest BCUT2D eigenvalue weighted by Crippen LogP contribution is -2.07. The maximum absolute atomic E-state index is 6.08. The molecule has 0 atom stereocenters. The van der Waals surface area contributed by atoms with Crippen LogP contribution < -0.4 is 10.1 Å². The highest BCUT2D eigenvalue weighted by molar-refractivity contribution is 9.10. The summed E-state index contributed by atoms with van der Waals surface area (Å²) in [7, 11) is 0. The molecule has 0 amide bonds. The predicted octanol–water partition coefficient (Wildman–Crippen LogP) is 5.64. The molecule has 0 unspecified atom stereocenters. The Balaban J connectivity index is 1.75. The number of rotatable bonds is 6. The summed E-state index contributed by atoms with van der Waals surface area (Å²) >= 11 is 15.4. The Morgan fingerprint density at radius 1 is 1.05 bits per heavy atom. The Morgan fingerprint density at radius 3 is 2.55 bits per heavy atom. The van der Waals surface area contributed by atoms with Crippen molar-refractivity contribution in [1.29, 1.82) is 0 Å². The van der Waals surface area contributed by atoms with Crippen molar-refractivity contribution >= 4 is 44.8 Å². The van der Waals surface area contributed by atoms with Gasteiger partial charge in [0, 0.05) is 22.8 Å². The monoisotopic (exact) mass is 373 g/mol. The van der Waals surface area contributed by atoms with Gasteiger partial charge in [0.05, 0.1) is 16.7 Å². The Morgan fingerprint density at radius 2 is 1.80 bits per heavy atom. The zero-order chi connectivity index (χ0) is 14.4. The van der Waals surface area contributed by atoms with Gasteiger partial charge in [-0.1, -0.05) is 41.4 Å². The Bertz CT molecular complexity index is 563. The minimum absolute atomic E-state index is 0.553. The Labute approximate surface area is 137 Å². The van der Waals surface area contributed by atoms with Crippen LogP contribution in [0.25, 0.3) is 0 Å². The minimum atomic E-state index is 0.553. The van der Waals surface area contributed by atoms with Crippen LogP contribution in [0.5, 0.6) is 5.75 Å². The first kappa shape index (κ1) is 15.5. The lowest BCUT2D eigenvalue weighted by atomic mass is 10.3. The van der Waals surface area contributed by atoms with Crippen molar-refractivity contribution in [3.8, 4) is 5.75 Å². The highest BCUT2D eigenvalue weighted by atomic mass is 79.9. The fourth-order valence-electron chi connectivity index (χ4n) is 1.66. The third kappa shape index (κ3) is 4.58. The number of para-hydroxylation sites is 1. The third-order valence-electron chi connectivity index (χ3n) is 2.66. The molecule has 0 aromatic heterocycles. The fourth-order valence-corrected chi connectivity index (χ4v) is 2.50. The average molecular weight is 375 g/mol. The molecular formula is C15H14BrCl2NO. The molecule has 0 fully saturated rings. The number of nitrogens with one attached hydrogen (secondary N) is 1. The van der Waals surface area contributed by atoms with Crippen LogP contribution >= 0.6 is 39.1 Å². The fraction of sp³-hybridized carbons (Fsp3) is 0.200. The van der Waals surface area contributed by atoms with E-state index in [1.807, 2.05) is 30.3 Å². The van der Waals surface area contributed by atoms with Crippen molar-refractivity contribution in [2.45, 2.75) is 6.42 Å². The minimum Gasteiger partial charge on any atom is -0.492 e. The van der Waals surface area contributed by atoms with Gasteiger partial charge in [0.25, 0.3) is 0 Å². The van der Waals surface area contributed by atoms with Crippen LogP contribution in [-0.4, -0.2) is 13.2 Å². The number of ether oxygens (including phenoxy) is 1. The number of anilines is 1. The van der Waals surface area contributed by atoms with Crippen LogP contribution in [0.15, 0.2) is 46.9 Å². The lowest BCUT2D eigenvalue weighted by molar-refractivity contribution is 0.315. The van der Waals surface area contributed by atoms with E-state index >= 15 is 0 Å². The molecule has 106 valence electrons. The SMILES string of the molecule is Clc1cc(OCCCNc2ccccc2)c(Cl)cc1Br. The maximum atomic E-state index is 6.08. The summed E-state index contributed by atoms with van der Waals surface area (Å²) < 4.78 is 6.40. The Hall–Kier alpha value is -0.900. The second kappa shape index (κ2) is 7.77. The molecule has 0 aliphatic heterocycles. The van der Waals surface area contributed by atoms with Crippen molar-refractivity contribution in [3.63, 3.8) is 0 Å². The number of halogens is 3. The number of benzene rings is 2. The molecule has 0 bridgehead atoms. The van der Waals surface area contributed by atoms with E-state index in [9.17, 15) is 0 Å². The quantitative estimate of drug-likeness (QED) is 0.522. The average Bonchev–Trinajstić information content (AvgIpc) is 2.45. The van der Waals surface area contributed by atoms with Crippen LogP contribution in [0.4, 0.5) is 5.69 Å². The number of hydrogen-bond acceptors (Lipinski definition) is 2. The normalized spacial score (nSPS) is 10.3. The molecule has 0 saturated carbocycles. The summed E-state index contributed by atoms with van der Waals surface area (Å²) in [5, 5.41) is 4.46. The second-order valence-electron chi connectivity index (χ2n) is 4.19. The van der Waals surface area contributed by atoms with Crippen molar-refractivity contribution in [1.82, 2.24) is 0 Å². The smallest absolute Gasteiger partial charge is 0.139 e. The lowest BCUT2D eigenvalue weighted by Gasteiger charge is -2.10. The maximum Gasteiger partial charge on any atom is 0.139 e. The van der Waals surface area contributed by atoms with Gasteiger partial charge in [-0.25, -0.2) is 0 Å². The van der Waals surface area contributed by atoms with Crippen LogP contribution in [0.1, 0.15) is 6.42 Å². The van der Waals surface area contributed by atoms with Crippen molar-refractivity contribution in [2.75, 3.05) is 18.5 Å². The van der Waals surface area contributed by atoms with Gasteiger partial charge in [-0.2, -0.15) is 0 Å². The van der Waals surface area contributed by atoms with Gasteiger partial charge < -0.3 is 10.1 Å². The first-order valence-electron chi connectivity index (χ1n) is 6.23. The van der Waals surface area contributed by atoms with Crippen LogP contribution in [0.2, 0.25) is 10.0 Å². The van der Waals surface area contributed by atoms with Gasteiger partial charge in [-0.05, 0) is 40.5 Å². The van der Waals surface area contributed by atoms with Gasteiger partial charge >= 0.3 is 0 Å². The molecule has 2 nitrogen and oxygen atoms in total. The van der Waals surface area contributed by atoms with Crippen LogP contribution in [-0.2, 0) is 0 Å².